The van der Waals surface area contributed by atoms with E-state index in [4.69, 9.17) is 4.74 Å². The first-order chi connectivity index (χ1) is 9.77. The first-order valence-electron chi connectivity index (χ1n) is 7.23. The molecule has 0 aliphatic heterocycles. The van der Waals surface area contributed by atoms with E-state index in [0.717, 1.165) is 18.8 Å². The van der Waals surface area contributed by atoms with Crippen molar-refractivity contribution in [1.82, 2.24) is 5.32 Å². The molecule has 0 radical (unpaired) electrons. The van der Waals surface area contributed by atoms with E-state index in [2.05, 4.69) is 55.6 Å². The molecule has 0 aliphatic carbocycles. The number of rotatable bonds is 7. The van der Waals surface area contributed by atoms with Gasteiger partial charge >= 0.3 is 0 Å². The zero-order valence-corrected chi connectivity index (χ0v) is 12.3. The lowest BCUT2D eigenvalue weighted by Crippen LogP contribution is -2.20. The Morgan fingerprint density at radius 1 is 0.950 bits per heavy atom. The third-order valence-corrected chi connectivity index (χ3v) is 3.25. The highest BCUT2D eigenvalue weighted by Gasteiger charge is 2.06. The van der Waals surface area contributed by atoms with Crippen LogP contribution in [0.2, 0.25) is 0 Å². The molecule has 0 fully saturated rings. The largest absolute Gasteiger partial charge is 0.492 e. The van der Waals surface area contributed by atoms with Crippen molar-refractivity contribution in [2.45, 2.75) is 26.3 Å². The van der Waals surface area contributed by atoms with Gasteiger partial charge in [-0.1, -0.05) is 62.4 Å². The molecule has 106 valence electrons. The molecule has 0 amide bonds. The van der Waals surface area contributed by atoms with Gasteiger partial charge in [0.1, 0.15) is 12.4 Å². The highest BCUT2D eigenvalue weighted by atomic mass is 16.5. The summed E-state index contributed by atoms with van der Waals surface area (Å²) < 4.78 is 5.87. The van der Waals surface area contributed by atoms with E-state index in [1.54, 1.807) is 0 Å². The number of hydrogen-bond acceptors (Lipinski definition) is 2. The molecule has 0 atom stereocenters. The normalized spacial score (nSPS) is 10.8. The van der Waals surface area contributed by atoms with Crippen LogP contribution in [0, 0.1) is 0 Å². The Morgan fingerprint density at radius 3 is 2.40 bits per heavy atom. The van der Waals surface area contributed by atoms with Crippen molar-refractivity contribution >= 4 is 0 Å². The first kappa shape index (κ1) is 14.6. The second-order valence-electron chi connectivity index (χ2n) is 5.20. The van der Waals surface area contributed by atoms with Gasteiger partial charge in [0, 0.05) is 13.1 Å². The van der Waals surface area contributed by atoms with Crippen LogP contribution in [0.5, 0.6) is 5.75 Å². The Kier molecular flexibility index (Phi) is 5.63. The molecule has 0 aliphatic rings. The zero-order valence-electron chi connectivity index (χ0n) is 12.3. The highest BCUT2D eigenvalue weighted by molar-refractivity contribution is 5.35. The Hall–Kier alpha value is -1.80. The third-order valence-electron chi connectivity index (χ3n) is 3.25. The van der Waals surface area contributed by atoms with Gasteiger partial charge in [0.2, 0.25) is 0 Å². The van der Waals surface area contributed by atoms with Crippen LogP contribution in [-0.4, -0.2) is 13.2 Å². The summed E-state index contributed by atoms with van der Waals surface area (Å²) >= 11 is 0. The molecule has 0 spiro atoms. The number of benzene rings is 2. The van der Waals surface area contributed by atoms with Crippen LogP contribution in [-0.2, 0) is 6.54 Å². The molecule has 20 heavy (non-hydrogen) atoms. The van der Waals surface area contributed by atoms with Crippen molar-refractivity contribution in [2.24, 2.45) is 0 Å². The van der Waals surface area contributed by atoms with Crippen LogP contribution < -0.4 is 10.1 Å². The van der Waals surface area contributed by atoms with E-state index in [-0.39, 0.29) is 0 Å². The lowest BCUT2D eigenvalue weighted by molar-refractivity contribution is 0.309. The predicted molar refractivity (Wildman–Crippen MR) is 84.2 cm³/mol. The van der Waals surface area contributed by atoms with Crippen molar-refractivity contribution in [1.29, 1.82) is 0 Å². The highest BCUT2D eigenvalue weighted by Crippen LogP contribution is 2.25. The third kappa shape index (κ3) is 4.39. The molecule has 1 N–H and O–H groups in total. The first-order valence-corrected chi connectivity index (χ1v) is 7.23. The Bertz CT molecular complexity index is 508. The number of nitrogens with one attached hydrogen (secondary N) is 1. The lowest BCUT2D eigenvalue weighted by Gasteiger charge is -2.14. The Morgan fingerprint density at radius 2 is 1.65 bits per heavy atom. The van der Waals surface area contributed by atoms with Crippen LogP contribution in [0.25, 0.3) is 0 Å². The summed E-state index contributed by atoms with van der Waals surface area (Å²) in [4.78, 5) is 0. The minimum atomic E-state index is 0.489. The number of para-hydroxylation sites is 1. The molecule has 0 bridgehead atoms. The summed E-state index contributed by atoms with van der Waals surface area (Å²) in [6.45, 7) is 6.81. The molecule has 2 aromatic carbocycles. The second kappa shape index (κ2) is 7.71. The van der Waals surface area contributed by atoms with Gasteiger partial charge in [-0.15, -0.1) is 0 Å². The number of hydrogen-bond donors (Lipinski definition) is 1. The molecule has 0 aromatic heterocycles. The van der Waals surface area contributed by atoms with Gasteiger partial charge in [0.15, 0.2) is 0 Å². The SMILES string of the molecule is CC(C)c1ccccc1OCCNCc1ccccc1. The Labute approximate surface area is 121 Å². The minimum Gasteiger partial charge on any atom is -0.492 e. The molecular weight excluding hydrogens is 246 g/mol. The smallest absolute Gasteiger partial charge is 0.122 e. The van der Waals surface area contributed by atoms with Gasteiger partial charge in [-0.3, -0.25) is 0 Å². The lowest BCUT2D eigenvalue weighted by atomic mass is 10.0. The van der Waals surface area contributed by atoms with Gasteiger partial charge in [-0.2, -0.15) is 0 Å². The fraction of sp³-hybridized carbons (Fsp3) is 0.333. The van der Waals surface area contributed by atoms with Gasteiger partial charge in [0.05, 0.1) is 0 Å². The van der Waals surface area contributed by atoms with Crippen LogP contribution in [0.3, 0.4) is 0 Å². The predicted octanol–water partition coefficient (Wildman–Crippen LogP) is 3.98. The average molecular weight is 269 g/mol. The van der Waals surface area contributed by atoms with E-state index in [9.17, 15) is 0 Å². The van der Waals surface area contributed by atoms with Crippen molar-refractivity contribution in [3.8, 4) is 5.75 Å². The van der Waals surface area contributed by atoms with Crippen molar-refractivity contribution in [2.75, 3.05) is 13.2 Å². The van der Waals surface area contributed by atoms with E-state index >= 15 is 0 Å². The number of ether oxygens (including phenoxy) is 1. The standard InChI is InChI=1S/C18H23NO/c1-15(2)17-10-6-7-11-18(17)20-13-12-19-14-16-8-4-3-5-9-16/h3-11,15,19H,12-14H2,1-2H3. The van der Waals surface area contributed by atoms with E-state index in [1.807, 2.05) is 18.2 Å². The van der Waals surface area contributed by atoms with Crippen LogP contribution >= 0.6 is 0 Å². The summed E-state index contributed by atoms with van der Waals surface area (Å²) in [5.41, 5.74) is 2.57. The van der Waals surface area contributed by atoms with E-state index in [1.165, 1.54) is 11.1 Å². The van der Waals surface area contributed by atoms with Gasteiger partial charge in [-0.25, -0.2) is 0 Å². The quantitative estimate of drug-likeness (QED) is 0.768. The summed E-state index contributed by atoms with van der Waals surface area (Å²) in [6.07, 6.45) is 0. The maximum absolute atomic E-state index is 5.87. The molecule has 2 heteroatoms. The van der Waals surface area contributed by atoms with Crippen LogP contribution in [0.1, 0.15) is 30.9 Å². The fourth-order valence-electron chi connectivity index (χ4n) is 2.15. The molecule has 0 heterocycles. The van der Waals surface area contributed by atoms with Gasteiger partial charge in [0.25, 0.3) is 0 Å². The maximum atomic E-state index is 5.87. The van der Waals surface area contributed by atoms with E-state index < -0.39 is 0 Å². The second-order valence-corrected chi connectivity index (χ2v) is 5.20. The molecule has 2 rings (SSSR count). The van der Waals surface area contributed by atoms with Gasteiger partial charge < -0.3 is 10.1 Å². The monoisotopic (exact) mass is 269 g/mol. The molecule has 2 nitrogen and oxygen atoms in total. The summed E-state index contributed by atoms with van der Waals surface area (Å²) in [5, 5.41) is 3.40. The topological polar surface area (TPSA) is 21.3 Å². The van der Waals surface area contributed by atoms with Crippen molar-refractivity contribution in [3.05, 3.63) is 65.7 Å². The van der Waals surface area contributed by atoms with Crippen LogP contribution in [0.4, 0.5) is 0 Å². The van der Waals surface area contributed by atoms with Crippen molar-refractivity contribution in [3.63, 3.8) is 0 Å². The van der Waals surface area contributed by atoms with Crippen molar-refractivity contribution < 1.29 is 4.74 Å². The van der Waals surface area contributed by atoms with Crippen LogP contribution in [0.15, 0.2) is 54.6 Å². The molecule has 0 saturated carbocycles. The van der Waals surface area contributed by atoms with Gasteiger partial charge in [-0.05, 0) is 23.1 Å². The average Bonchev–Trinajstić information content (AvgIpc) is 2.48. The fourth-order valence-corrected chi connectivity index (χ4v) is 2.15. The maximum Gasteiger partial charge on any atom is 0.122 e. The molecular formula is C18H23NO. The minimum absolute atomic E-state index is 0.489. The molecule has 0 unspecified atom stereocenters. The summed E-state index contributed by atoms with van der Waals surface area (Å²) in [7, 11) is 0. The summed E-state index contributed by atoms with van der Waals surface area (Å²) in [5.74, 6) is 1.49. The van der Waals surface area contributed by atoms with E-state index in [0.29, 0.717) is 12.5 Å². The molecule has 2 aromatic rings. The molecule has 0 saturated heterocycles. The zero-order chi connectivity index (χ0) is 14.2. The summed E-state index contributed by atoms with van der Waals surface area (Å²) in [6, 6.07) is 18.7. The Balaban J connectivity index is 1.74.